The van der Waals surface area contributed by atoms with Crippen molar-refractivity contribution in [2.45, 2.75) is 62.9 Å². The molecule has 2 aliphatic heterocycles. The Bertz CT molecular complexity index is 849. The fraction of sp³-hybridized carbons (Fsp3) is 0.739. The van der Waals surface area contributed by atoms with E-state index in [1.165, 1.54) is 51.7 Å². The number of aliphatic carboxylic acids is 2. The van der Waals surface area contributed by atoms with Crippen molar-refractivity contribution in [3.8, 4) is 0 Å². The number of carboxylic acid groups (broad SMARTS) is 2. The number of rotatable bonds is 3. The number of likely N-dealkylation sites (tertiary alicyclic amines) is 1. The van der Waals surface area contributed by atoms with Gasteiger partial charge in [0, 0.05) is 38.6 Å². The van der Waals surface area contributed by atoms with Gasteiger partial charge in [-0.3, -0.25) is 0 Å². The summed E-state index contributed by atoms with van der Waals surface area (Å²) in [5, 5.41) is 14.2. The zero-order valence-corrected chi connectivity index (χ0v) is 20.7. The number of alkyl halides is 6. The van der Waals surface area contributed by atoms with E-state index in [9.17, 15) is 26.3 Å². The van der Waals surface area contributed by atoms with E-state index in [4.69, 9.17) is 24.5 Å². The van der Waals surface area contributed by atoms with Crippen molar-refractivity contribution in [1.29, 1.82) is 0 Å². The van der Waals surface area contributed by atoms with E-state index in [1.54, 1.807) is 0 Å². The molecule has 1 spiro atoms. The van der Waals surface area contributed by atoms with Crippen LogP contribution in [0, 0.1) is 5.92 Å². The SMILES string of the molecule is O=C(O)C(F)(F)F.O=C(O)C(F)(F)F.c1cnc(N2CCOC3(CCN(CC4CCCCC4)CC3)C2)nc1. The maximum Gasteiger partial charge on any atom is 0.490 e. The minimum atomic E-state index is -5.08. The van der Waals surface area contributed by atoms with E-state index in [1.807, 2.05) is 18.5 Å². The average molecular weight is 559 g/mol. The average Bonchev–Trinajstić information content (AvgIpc) is 2.86. The van der Waals surface area contributed by atoms with Crippen LogP contribution >= 0.6 is 0 Å². The molecule has 1 aromatic heterocycles. The lowest BCUT2D eigenvalue weighted by molar-refractivity contribution is -0.193. The second-order valence-corrected chi connectivity index (χ2v) is 9.41. The third-order valence-corrected chi connectivity index (χ3v) is 6.58. The van der Waals surface area contributed by atoms with E-state index >= 15 is 0 Å². The molecule has 0 aromatic carbocycles. The molecule has 0 amide bonds. The summed E-state index contributed by atoms with van der Waals surface area (Å²) in [4.78, 5) is 31.6. The molecule has 1 aliphatic carbocycles. The summed E-state index contributed by atoms with van der Waals surface area (Å²) in [5.74, 6) is -3.72. The van der Waals surface area contributed by atoms with E-state index in [0.29, 0.717) is 0 Å². The number of hydrogen-bond acceptors (Lipinski definition) is 7. The predicted octanol–water partition coefficient (Wildman–Crippen LogP) is 3.99. The van der Waals surface area contributed by atoms with Gasteiger partial charge >= 0.3 is 24.3 Å². The molecule has 3 aliphatic rings. The largest absolute Gasteiger partial charge is 0.490 e. The first-order valence-electron chi connectivity index (χ1n) is 12.2. The van der Waals surface area contributed by atoms with Crippen molar-refractivity contribution in [1.82, 2.24) is 14.9 Å². The van der Waals surface area contributed by atoms with Crippen molar-refractivity contribution in [2.24, 2.45) is 5.92 Å². The second kappa shape index (κ2) is 13.9. The molecular weight excluding hydrogens is 526 g/mol. The molecule has 1 aromatic rings. The number of ether oxygens (including phenoxy) is 1. The number of morpholine rings is 1. The Kier molecular flexibility index (Phi) is 11.6. The Balaban J connectivity index is 0.000000301. The van der Waals surface area contributed by atoms with Crippen LogP contribution in [0.4, 0.5) is 32.3 Å². The van der Waals surface area contributed by atoms with Crippen LogP contribution in [-0.2, 0) is 14.3 Å². The number of carboxylic acids is 2. The summed E-state index contributed by atoms with van der Waals surface area (Å²) >= 11 is 0. The van der Waals surface area contributed by atoms with Gasteiger partial charge in [-0.15, -0.1) is 0 Å². The van der Waals surface area contributed by atoms with Gasteiger partial charge in [-0.2, -0.15) is 26.3 Å². The molecule has 3 heterocycles. The zero-order chi connectivity index (χ0) is 28.4. The molecule has 0 atom stereocenters. The van der Waals surface area contributed by atoms with Gasteiger partial charge in [0.1, 0.15) is 0 Å². The maximum absolute atomic E-state index is 10.6. The van der Waals surface area contributed by atoms with Crippen LogP contribution in [0.3, 0.4) is 0 Å². The Morgan fingerprint density at radius 3 is 1.89 bits per heavy atom. The van der Waals surface area contributed by atoms with Crippen molar-refractivity contribution in [2.75, 3.05) is 44.2 Å². The van der Waals surface area contributed by atoms with Gasteiger partial charge in [0.15, 0.2) is 0 Å². The molecule has 4 rings (SSSR count). The molecule has 15 heteroatoms. The highest BCUT2D eigenvalue weighted by Gasteiger charge is 2.41. The smallest absolute Gasteiger partial charge is 0.475 e. The van der Waals surface area contributed by atoms with Crippen molar-refractivity contribution >= 4 is 17.9 Å². The van der Waals surface area contributed by atoms with Crippen molar-refractivity contribution < 1.29 is 50.9 Å². The van der Waals surface area contributed by atoms with Crippen LogP contribution in [0.5, 0.6) is 0 Å². The molecule has 1 saturated carbocycles. The molecule has 3 fully saturated rings. The van der Waals surface area contributed by atoms with Gasteiger partial charge in [-0.25, -0.2) is 19.6 Å². The molecule has 9 nitrogen and oxygen atoms in total. The Morgan fingerprint density at radius 1 is 0.921 bits per heavy atom. The molecule has 0 radical (unpaired) electrons. The van der Waals surface area contributed by atoms with Gasteiger partial charge < -0.3 is 24.7 Å². The van der Waals surface area contributed by atoms with Gasteiger partial charge in [-0.1, -0.05) is 19.3 Å². The Hall–Kier alpha value is -2.68. The summed E-state index contributed by atoms with van der Waals surface area (Å²) in [6, 6.07) is 1.88. The number of hydrogen-bond donors (Lipinski definition) is 2. The molecule has 2 N–H and O–H groups in total. The topological polar surface area (TPSA) is 116 Å². The third kappa shape index (κ3) is 10.6. The van der Waals surface area contributed by atoms with E-state index < -0.39 is 24.3 Å². The molecular formula is C23H32F6N4O5. The fourth-order valence-electron chi connectivity index (χ4n) is 4.65. The lowest BCUT2D eigenvalue weighted by Crippen LogP contribution is -2.57. The lowest BCUT2D eigenvalue weighted by Gasteiger charge is -2.47. The highest BCUT2D eigenvalue weighted by atomic mass is 19.4. The summed E-state index contributed by atoms with van der Waals surface area (Å²) in [6.07, 6.45) is 3.00. The normalized spacial score (nSPS) is 20.5. The lowest BCUT2D eigenvalue weighted by atomic mass is 9.86. The molecule has 216 valence electrons. The number of aromatic nitrogens is 2. The highest BCUT2D eigenvalue weighted by molar-refractivity contribution is 5.73. The van der Waals surface area contributed by atoms with Crippen LogP contribution < -0.4 is 4.90 Å². The van der Waals surface area contributed by atoms with E-state index in [-0.39, 0.29) is 5.60 Å². The molecule has 38 heavy (non-hydrogen) atoms. The van der Waals surface area contributed by atoms with Crippen LogP contribution in [0.15, 0.2) is 18.5 Å². The molecule has 2 saturated heterocycles. The van der Waals surface area contributed by atoms with Gasteiger partial charge in [0.25, 0.3) is 0 Å². The summed E-state index contributed by atoms with van der Waals surface area (Å²) in [6.45, 7) is 6.30. The number of piperidine rings is 1. The van der Waals surface area contributed by atoms with Crippen LogP contribution in [0.25, 0.3) is 0 Å². The first-order valence-corrected chi connectivity index (χ1v) is 12.2. The summed E-state index contributed by atoms with van der Waals surface area (Å²) < 4.78 is 69.7. The fourth-order valence-corrected chi connectivity index (χ4v) is 4.65. The number of nitrogens with zero attached hydrogens (tertiary/aromatic N) is 4. The Morgan fingerprint density at radius 2 is 1.42 bits per heavy atom. The molecule has 0 bridgehead atoms. The number of carbonyl (C=O) groups is 2. The van der Waals surface area contributed by atoms with E-state index in [2.05, 4.69) is 19.8 Å². The maximum atomic E-state index is 10.6. The van der Waals surface area contributed by atoms with Crippen LogP contribution in [0.1, 0.15) is 44.9 Å². The minimum absolute atomic E-state index is 0.0144. The van der Waals surface area contributed by atoms with Crippen molar-refractivity contribution in [3.63, 3.8) is 0 Å². The van der Waals surface area contributed by atoms with E-state index in [0.717, 1.165) is 44.4 Å². The van der Waals surface area contributed by atoms with Gasteiger partial charge in [0.2, 0.25) is 5.95 Å². The molecule has 0 unspecified atom stereocenters. The summed E-state index contributed by atoms with van der Waals surface area (Å²) in [5.41, 5.74) is 0.0144. The van der Waals surface area contributed by atoms with Gasteiger partial charge in [-0.05, 0) is 37.7 Å². The highest BCUT2D eigenvalue weighted by Crippen LogP contribution is 2.33. The quantitative estimate of drug-likeness (QED) is 0.531. The Labute approximate surface area is 215 Å². The summed E-state index contributed by atoms with van der Waals surface area (Å²) in [7, 11) is 0. The van der Waals surface area contributed by atoms with Crippen LogP contribution in [0.2, 0.25) is 0 Å². The minimum Gasteiger partial charge on any atom is -0.475 e. The van der Waals surface area contributed by atoms with Crippen LogP contribution in [-0.4, -0.2) is 94.3 Å². The second-order valence-electron chi connectivity index (χ2n) is 9.41. The number of anilines is 1. The first-order chi connectivity index (χ1) is 17.7. The zero-order valence-electron chi connectivity index (χ0n) is 20.7. The number of halogens is 6. The monoisotopic (exact) mass is 558 g/mol. The first kappa shape index (κ1) is 31.5. The third-order valence-electron chi connectivity index (χ3n) is 6.58. The standard InChI is InChI=1S/C19H30N4O.2C2HF3O2/c1-2-5-17(6-3-1)15-22-11-7-19(8-12-22)16-23(13-14-24-19)18-20-9-4-10-21-18;2*3-2(4,5)1(6)7/h4,9-10,17H,1-3,5-8,11-16H2;2*(H,6,7). The van der Waals surface area contributed by atoms with Crippen molar-refractivity contribution in [3.05, 3.63) is 18.5 Å². The van der Waals surface area contributed by atoms with Gasteiger partial charge in [0.05, 0.1) is 18.8 Å². The predicted molar refractivity (Wildman–Crippen MR) is 123 cm³/mol.